The third-order valence-electron chi connectivity index (χ3n) is 3.74. The van der Waals surface area contributed by atoms with E-state index < -0.39 is 0 Å². The third-order valence-corrected chi connectivity index (χ3v) is 3.74. The topological polar surface area (TPSA) is 33.7 Å². The maximum absolute atomic E-state index is 5.40. The van der Waals surface area contributed by atoms with Gasteiger partial charge in [-0.1, -0.05) is 18.2 Å². The Kier molecular flexibility index (Phi) is 6.30. The average molecular weight is 278 g/mol. The lowest BCUT2D eigenvalue weighted by Gasteiger charge is -2.27. The Labute approximate surface area is 122 Å². The van der Waals surface area contributed by atoms with Crippen molar-refractivity contribution >= 4 is 0 Å². The molecule has 2 rings (SSSR count). The smallest absolute Gasteiger partial charge is 0.122 e. The van der Waals surface area contributed by atoms with Crippen LogP contribution in [0.5, 0.6) is 5.75 Å². The Balaban J connectivity index is 1.70. The standard InChI is InChI=1S/C16H26N2O2/c1-14(13-15-5-3-4-6-16(15)19-2)17-7-8-18-9-11-20-12-10-18/h3-6,14,17H,7-13H2,1-2H3. The lowest BCUT2D eigenvalue weighted by Crippen LogP contribution is -2.42. The molecule has 0 spiro atoms. The first-order valence-corrected chi connectivity index (χ1v) is 7.45. The predicted octanol–water partition coefficient (Wildman–Crippen LogP) is 1.55. The second-order valence-electron chi connectivity index (χ2n) is 5.33. The normalized spacial score (nSPS) is 17.9. The molecule has 0 radical (unpaired) electrons. The molecule has 1 N–H and O–H groups in total. The van der Waals surface area contributed by atoms with Gasteiger partial charge in [0.1, 0.15) is 5.75 Å². The minimum absolute atomic E-state index is 0.451. The van der Waals surface area contributed by atoms with Crippen LogP contribution in [0, 0.1) is 0 Å². The van der Waals surface area contributed by atoms with Gasteiger partial charge in [0, 0.05) is 32.2 Å². The lowest BCUT2D eigenvalue weighted by molar-refractivity contribution is 0.0382. The minimum atomic E-state index is 0.451. The van der Waals surface area contributed by atoms with Gasteiger partial charge in [0.25, 0.3) is 0 Å². The van der Waals surface area contributed by atoms with Crippen molar-refractivity contribution < 1.29 is 9.47 Å². The average Bonchev–Trinajstić information content (AvgIpc) is 2.49. The molecule has 1 saturated heterocycles. The molecule has 112 valence electrons. The van der Waals surface area contributed by atoms with Crippen molar-refractivity contribution in [3.63, 3.8) is 0 Å². The van der Waals surface area contributed by atoms with Crippen molar-refractivity contribution in [3.05, 3.63) is 29.8 Å². The van der Waals surface area contributed by atoms with Gasteiger partial charge in [0.05, 0.1) is 20.3 Å². The number of nitrogens with one attached hydrogen (secondary N) is 1. The molecule has 0 bridgehead atoms. The highest BCUT2D eigenvalue weighted by Crippen LogP contribution is 2.18. The SMILES string of the molecule is COc1ccccc1CC(C)NCCN1CCOCC1. The fourth-order valence-electron chi connectivity index (χ4n) is 2.57. The number of rotatable bonds is 7. The molecular formula is C16H26N2O2. The highest BCUT2D eigenvalue weighted by Gasteiger charge is 2.11. The van der Waals surface area contributed by atoms with Gasteiger partial charge in [-0.2, -0.15) is 0 Å². The quantitative estimate of drug-likeness (QED) is 0.820. The van der Waals surface area contributed by atoms with E-state index in [1.807, 2.05) is 12.1 Å². The van der Waals surface area contributed by atoms with Crippen molar-refractivity contribution in [2.45, 2.75) is 19.4 Å². The molecule has 0 amide bonds. The van der Waals surface area contributed by atoms with E-state index in [0.29, 0.717) is 6.04 Å². The number of benzene rings is 1. The molecule has 4 nitrogen and oxygen atoms in total. The van der Waals surface area contributed by atoms with Gasteiger partial charge in [-0.15, -0.1) is 0 Å². The molecule has 0 aliphatic carbocycles. The maximum atomic E-state index is 5.40. The molecule has 1 aromatic rings. The van der Waals surface area contributed by atoms with Crippen LogP contribution < -0.4 is 10.1 Å². The summed E-state index contributed by atoms with van der Waals surface area (Å²) in [5.74, 6) is 0.981. The van der Waals surface area contributed by atoms with Crippen LogP contribution in [0.4, 0.5) is 0 Å². The first-order chi connectivity index (χ1) is 9.79. The van der Waals surface area contributed by atoms with Crippen LogP contribution in [-0.4, -0.2) is 57.4 Å². The minimum Gasteiger partial charge on any atom is -0.496 e. The van der Waals surface area contributed by atoms with Gasteiger partial charge in [-0.25, -0.2) is 0 Å². The number of hydrogen-bond acceptors (Lipinski definition) is 4. The van der Waals surface area contributed by atoms with E-state index in [2.05, 4.69) is 29.3 Å². The van der Waals surface area contributed by atoms with Crippen molar-refractivity contribution in [2.24, 2.45) is 0 Å². The Morgan fingerprint density at radius 2 is 2.05 bits per heavy atom. The number of morpholine rings is 1. The van der Waals surface area contributed by atoms with Crippen LogP contribution in [0.3, 0.4) is 0 Å². The summed E-state index contributed by atoms with van der Waals surface area (Å²) in [5.41, 5.74) is 1.27. The van der Waals surface area contributed by atoms with E-state index in [4.69, 9.17) is 9.47 Å². The van der Waals surface area contributed by atoms with E-state index in [9.17, 15) is 0 Å². The van der Waals surface area contributed by atoms with Gasteiger partial charge in [0.2, 0.25) is 0 Å². The van der Waals surface area contributed by atoms with Crippen LogP contribution in [0.15, 0.2) is 24.3 Å². The monoisotopic (exact) mass is 278 g/mol. The first-order valence-electron chi connectivity index (χ1n) is 7.45. The van der Waals surface area contributed by atoms with Crippen molar-refractivity contribution in [2.75, 3.05) is 46.5 Å². The maximum Gasteiger partial charge on any atom is 0.122 e. The third kappa shape index (κ3) is 4.78. The van der Waals surface area contributed by atoms with Crippen LogP contribution in [0.2, 0.25) is 0 Å². The molecule has 1 atom stereocenters. The van der Waals surface area contributed by atoms with Gasteiger partial charge in [0.15, 0.2) is 0 Å². The molecule has 1 aliphatic heterocycles. The van der Waals surface area contributed by atoms with E-state index in [1.165, 1.54) is 5.56 Å². The fourth-order valence-corrected chi connectivity index (χ4v) is 2.57. The molecule has 1 unspecified atom stereocenters. The van der Waals surface area contributed by atoms with E-state index in [0.717, 1.165) is 51.6 Å². The highest BCUT2D eigenvalue weighted by atomic mass is 16.5. The zero-order chi connectivity index (χ0) is 14.2. The van der Waals surface area contributed by atoms with Crippen LogP contribution in [0.1, 0.15) is 12.5 Å². The zero-order valence-electron chi connectivity index (χ0n) is 12.6. The van der Waals surface area contributed by atoms with Gasteiger partial charge >= 0.3 is 0 Å². The molecule has 0 saturated carbocycles. The number of ether oxygens (including phenoxy) is 2. The summed E-state index contributed by atoms with van der Waals surface area (Å²) >= 11 is 0. The van der Waals surface area contributed by atoms with Crippen LogP contribution >= 0.6 is 0 Å². The zero-order valence-corrected chi connectivity index (χ0v) is 12.6. The van der Waals surface area contributed by atoms with Crippen molar-refractivity contribution in [3.8, 4) is 5.75 Å². The predicted molar refractivity (Wildman–Crippen MR) is 81.4 cm³/mol. The Hall–Kier alpha value is -1.10. The van der Waals surface area contributed by atoms with Gasteiger partial charge < -0.3 is 14.8 Å². The Bertz CT molecular complexity index is 392. The second-order valence-corrected chi connectivity index (χ2v) is 5.33. The summed E-state index contributed by atoms with van der Waals surface area (Å²) in [6.07, 6.45) is 0.993. The summed E-state index contributed by atoms with van der Waals surface area (Å²) in [5, 5.41) is 3.59. The van der Waals surface area contributed by atoms with E-state index >= 15 is 0 Å². The summed E-state index contributed by atoms with van der Waals surface area (Å²) < 4.78 is 10.8. The van der Waals surface area contributed by atoms with E-state index in [1.54, 1.807) is 7.11 Å². The fraction of sp³-hybridized carbons (Fsp3) is 0.625. The summed E-state index contributed by atoms with van der Waals surface area (Å²) in [6.45, 7) is 8.21. The first kappa shape index (κ1) is 15.3. The largest absolute Gasteiger partial charge is 0.496 e. The second kappa shape index (κ2) is 8.25. The van der Waals surface area contributed by atoms with Gasteiger partial charge in [-0.3, -0.25) is 4.90 Å². The summed E-state index contributed by atoms with van der Waals surface area (Å²) in [6, 6.07) is 8.69. The number of para-hydroxylation sites is 1. The number of hydrogen-bond donors (Lipinski definition) is 1. The molecule has 1 aliphatic rings. The molecule has 1 fully saturated rings. The molecule has 1 heterocycles. The lowest BCUT2D eigenvalue weighted by atomic mass is 10.1. The number of methoxy groups -OCH3 is 1. The molecular weight excluding hydrogens is 252 g/mol. The van der Waals surface area contributed by atoms with Gasteiger partial charge in [-0.05, 0) is 25.0 Å². The summed E-state index contributed by atoms with van der Waals surface area (Å²) in [7, 11) is 1.73. The van der Waals surface area contributed by atoms with Crippen LogP contribution in [0.25, 0.3) is 0 Å². The molecule has 4 heteroatoms. The highest BCUT2D eigenvalue weighted by molar-refractivity contribution is 5.33. The molecule has 1 aromatic carbocycles. The van der Waals surface area contributed by atoms with Crippen LogP contribution in [-0.2, 0) is 11.2 Å². The Morgan fingerprint density at radius 1 is 1.30 bits per heavy atom. The van der Waals surface area contributed by atoms with Crippen molar-refractivity contribution in [1.29, 1.82) is 0 Å². The molecule has 0 aromatic heterocycles. The van der Waals surface area contributed by atoms with Crippen molar-refractivity contribution in [1.82, 2.24) is 10.2 Å². The summed E-state index contributed by atoms with van der Waals surface area (Å²) in [4.78, 5) is 2.45. The Morgan fingerprint density at radius 3 is 2.80 bits per heavy atom. The van der Waals surface area contributed by atoms with E-state index in [-0.39, 0.29) is 0 Å². The molecule has 20 heavy (non-hydrogen) atoms. The number of nitrogens with zero attached hydrogens (tertiary/aromatic N) is 1.